The van der Waals surface area contributed by atoms with E-state index in [9.17, 15) is 10.1 Å². The van der Waals surface area contributed by atoms with Crippen LogP contribution in [-0.4, -0.2) is 37.8 Å². The van der Waals surface area contributed by atoms with E-state index in [1.165, 1.54) is 17.4 Å². The Labute approximate surface area is 231 Å². The Kier molecular flexibility index (Phi) is 9.53. The number of benzene rings is 3. The van der Waals surface area contributed by atoms with E-state index < -0.39 is 5.91 Å². The molecule has 0 saturated heterocycles. The Morgan fingerprint density at radius 1 is 0.949 bits per heavy atom. The van der Waals surface area contributed by atoms with Crippen LogP contribution in [0.25, 0.3) is 17.3 Å². The maximum Gasteiger partial charge on any atom is 0.268 e. The standard InChI is InChI=1S/C30H27N3O5S/c1-3-36-28-18-21(13-14-27(28)38-16-15-37-26-12-8-7-11-25(26)35-2)17-23(19-31)29(34)33-30-32-24(20-39-30)22-9-5-4-6-10-22/h4-14,17-18,20H,3,15-16H2,1-2H3,(H,32,33,34). The van der Waals surface area contributed by atoms with Crippen LogP contribution in [0.4, 0.5) is 5.13 Å². The Bertz CT molecular complexity index is 1480. The highest BCUT2D eigenvalue weighted by Crippen LogP contribution is 2.30. The van der Waals surface area contributed by atoms with Crippen LogP contribution >= 0.6 is 11.3 Å². The highest BCUT2D eigenvalue weighted by Gasteiger charge is 2.14. The SMILES string of the molecule is CCOc1cc(C=C(C#N)C(=O)Nc2nc(-c3ccccc3)cs2)ccc1OCCOc1ccccc1OC. The maximum absolute atomic E-state index is 12.8. The Morgan fingerprint density at radius 3 is 2.33 bits per heavy atom. The molecule has 0 radical (unpaired) electrons. The number of hydrogen-bond donors (Lipinski definition) is 1. The van der Waals surface area contributed by atoms with Crippen molar-refractivity contribution in [2.45, 2.75) is 6.92 Å². The number of nitrogens with zero attached hydrogens (tertiary/aromatic N) is 2. The minimum absolute atomic E-state index is 0.0622. The van der Waals surface area contributed by atoms with Crippen molar-refractivity contribution in [3.05, 3.63) is 89.3 Å². The summed E-state index contributed by atoms with van der Waals surface area (Å²) in [6, 6.07) is 24.2. The number of carbonyl (C=O) groups is 1. The van der Waals surface area contributed by atoms with Gasteiger partial charge in [0.1, 0.15) is 24.9 Å². The molecule has 0 atom stereocenters. The first kappa shape index (κ1) is 27.2. The van der Waals surface area contributed by atoms with Gasteiger partial charge in [-0.2, -0.15) is 5.26 Å². The van der Waals surface area contributed by atoms with Crippen molar-refractivity contribution in [1.82, 2.24) is 4.98 Å². The molecular weight excluding hydrogens is 514 g/mol. The molecule has 8 nitrogen and oxygen atoms in total. The smallest absolute Gasteiger partial charge is 0.268 e. The molecule has 0 aliphatic rings. The Morgan fingerprint density at radius 2 is 1.64 bits per heavy atom. The third-order valence-electron chi connectivity index (χ3n) is 5.41. The quantitative estimate of drug-likeness (QED) is 0.129. The number of nitriles is 1. The molecule has 1 heterocycles. The topological polar surface area (TPSA) is 103 Å². The molecule has 3 aromatic carbocycles. The molecular formula is C30H27N3O5S. The second-order valence-electron chi connectivity index (χ2n) is 8.01. The number of hydrogen-bond acceptors (Lipinski definition) is 8. The third-order valence-corrected chi connectivity index (χ3v) is 6.16. The number of rotatable bonds is 12. The molecule has 0 aliphatic carbocycles. The molecule has 4 aromatic rings. The molecule has 9 heteroatoms. The summed E-state index contributed by atoms with van der Waals surface area (Å²) < 4.78 is 22.7. The van der Waals surface area contributed by atoms with Gasteiger partial charge < -0.3 is 18.9 Å². The van der Waals surface area contributed by atoms with E-state index in [1.807, 2.05) is 73.0 Å². The second-order valence-corrected chi connectivity index (χ2v) is 8.87. The van der Waals surface area contributed by atoms with E-state index in [0.717, 1.165) is 11.3 Å². The first-order valence-corrected chi connectivity index (χ1v) is 13.1. The van der Waals surface area contributed by atoms with Gasteiger partial charge in [0.25, 0.3) is 5.91 Å². The molecule has 0 spiro atoms. The average Bonchev–Trinajstić information content (AvgIpc) is 3.44. The van der Waals surface area contributed by atoms with E-state index in [-0.39, 0.29) is 12.2 Å². The molecule has 0 saturated carbocycles. The third kappa shape index (κ3) is 7.37. The van der Waals surface area contributed by atoms with E-state index in [1.54, 1.807) is 25.3 Å². The van der Waals surface area contributed by atoms with Crippen molar-refractivity contribution >= 4 is 28.5 Å². The van der Waals surface area contributed by atoms with Gasteiger partial charge in [0.2, 0.25) is 0 Å². The maximum atomic E-state index is 12.8. The molecule has 0 fully saturated rings. The summed E-state index contributed by atoms with van der Waals surface area (Å²) in [7, 11) is 1.59. The second kappa shape index (κ2) is 13.7. The van der Waals surface area contributed by atoms with Gasteiger partial charge in [-0.1, -0.05) is 48.5 Å². The average molecular weight is 542 g/mol. The van der Waals surface area contributed by atoms with Crippen LogP contribution < -0.4 is 24.3 Å². The number of amides is 1. The number of methoxy groups -OCH3 is 1. The zero-order chi connectivity index (χ0) is 27.5. The number of nitrogens with one attached hydrogen (secondary N) is 1. The molecule has 4 rings (SSSR count). The van der Waals surface area contributed by atoms with Crippen molar-refractivity contribution in [3.63, 3.8) is 0 Å². The predicted molar refractivity (Wildman–Crippen MR) is 151 cm³/mol. The first-order chi connectivity index (χ1) is 19.1. The summed E-state index contributed by atoms with van der Waals surface area (Å²) in [5.41, 5.74) is 2.26. The van der Waals surface area contributed by atoms with Crippen molar-refractivity contribution in [2.24, 2.45) is 0 Å². The number of anilines is 1. The first-order valence-electron chi connectivity index (χ1n) is 12.2. The van der Waals surface area contributed by atoms with E-state index in [0.29, 0.717) is 46.9 Å². The lowest BCUT2D eigenvalue weighted by molar-refractivity contribution is -0.112. The molecule has 0 bridgehead atoms. The van der Waals surface area contributed by atoms with Crippen LogP contribution in [0.2, 0.25) is 0 Å². The largest absolute Gasteiger partial charge is 0.493 e. The number of thiazole rings is 1. The normalized spacial score (nSPS) is 10.8. The zero-order valence-electron chi connectivity index (χ0n) is 21.5. The van der Waals surface area contributed by atoms with Crippen molar-refractivity contribution in [2.75, 3.05) is 32.2 Å². The molecule has 0 aliphatic heterocycles. The monoisotopic (exact) mass is 541 g/mol. The van der Waals surface area contributed by atoms with E-state index in [2.05, 4.69) is 10.3 Å². The van der Waals surface area contributed by atoms with E-state index in [4.69, 9.17) is 18.9 Å². The zero-order valence-corrected chi connectivity index (χ0v) is 22.4. The fraction of sp³-hybridized carbons (Fsp3) is 0.167. The van der Waals surface area contributed by atoms with Crippen LogP contribution in [0.3, 0.4) is 0 Å². The van der Waals surface area contributed by atoms with Gasteiger partial charge in [0.05, 0.1) is 19.4 Å². The molecule has 39 heavy (non-hydrogen) atoms. The van der Waals surface area contributed by atoms with Gasteiger partial charge >= 0.3 is 0 Å². The van der Waals surface area contributed by atoms with Gasteiger partial charge in [-0.15, -0.1) is 11.3 Å². The summed E-state index contributed by atoms with van der Waals surface area (Å²) in [6.45, 7) is 2.86. The number of para-hydroxylation sites is 2. The van der Waals surface area contributed by atoms with Gasteiger partial charge in [-0.25, -0.2) is 4.98 Å². The summed E-state index contributed by atoms with van der Waals surface area (Å²) >= 11 is 1.29. The van der Waals surface area contributed by atoms with Crippen LogP contribution in [0.5, 0.6) is 23.0 Å². The Hall–Kier alpha value is -4.81. The van der Waals surface area contributed by atoms with Crippen LogP contribution in [0.1, 0.15) is 12.5 Å². The predicted octanol–water partition coefficient (Wildman–Crippen LogP) is 6.22. The molecule has 0 unspecified atom stereocenters. The van der Waals surface area contributed by atoms with Crippen molar-refractivity contribution in [3.8, 4) is 40.3 Å². The number of ether oxygens (including phenoxy) is 4. The van der Waals surface area contributed by atoms with Crippen LogP contribution in [0, 0.1) is 11.3 Å². The van der Waals surface area contributed by atoms with Crippen molar-refractivity contribution in [1.29, 1.82) is 5.26 Å². The van der Waals surface area contributed by atoms with Gasteiger partial charge in [-0.3, -0.25) is 10.1 Å². The Balaban J connectivity index is 1.40. The summed E-state index contributed by atoms with van der Waals surface area (Å²) in [6.07, 6.45) is 1.50. The summed E-state index contributed by atoms with van der Waals surface area (Å²) in [5.74, 6) is 1.75. The van der Waals surface area contributed by atoms with Gasteiger partial charge in [-0.05, 0) is 42.8 Å². The summed E-state index contributed by atoms with van der Waals surface area (Å²) in [4.78, 5) is 17.2. The number of carbonyl (C=O) groups excluding carboxylic acids is 1. The molecule has 1 N–H and O–H groups in total. The van der Waals surface area contributed by atoms with E-state index >= 15 is 0 Å². The molecule has 1 aromatic heterocycles. The van der Waals surface area contributed by atoms with Crippen molar-refractivity contribution < 1.29 is 23.7 Å². The van der Waals surface area contributed by atoms with Crippen LogP contribution in [-0.2, 0) is 4.79 Å². The lowest BCUT2D eigenvalue weighted by Crippen LogP contribution is -2.13. The highest BCUT2D eigenvalue weighted by atomic mass is 32.1. The fourth-order valence-electron chi connectivity index (χ4n) is 3.60. The van der Waals surface area contributed by atoms with Gasteiger partial charge in [0, 0.05) is 10.9 Å². The highest BCUT2D eigenvalue weighted by molar-refractivity contribution is 7.14. The lowest BCUT2D eigenvalue weighted by atomic mass is 10.1. The lowest BCUT2D eigenvalue weighted by Gasteiger charge is -2.14. The fourth-order valence-corrected chi connectivity index (χ4v) is 4.31. The number of aromatic nitrogens is 1. The minimum Gasteiger partial charge on any atom is -0.493 e. The summed E-state index contributed by atoms with van der Waals surface area (Å²) in [5, 5.41) is 14.6. The van der Waals surface area contributed by atoms with Crippen LogP contribution in [0.15, 0.2) is 83.7 Å². The minimum atomic E-state index is -0.543. The molecule has 198 valence electrons. The molecule has 1 amide bonds. The van der Waals surface area contributed by atoms with Gasteiger partial charge in [0.15, 0.2) is 28.1 Å².